The number of carbonyl (C=O) groups is 2. The molecule has 0 aromatic heterocycles. The Morgan fingerprint density at radius 1 is 1.00 bits per heavy atom. The lowest BCUT2D eigenvalue weighted by Crippen LogP contribution is -2.54. The molecular weight excluding hydrogens is 256 g/mol. The van der Waals surface area contributed by atoms with Crippen molar-refractivity contribution in [1.82, 2.24) is 9.80 Å². The number of amides is 2. The van der Waals surface area contributed by atoms with Gasteiger partial charge in [-0.2, -0.15) is 0 Å². The highest BCUT2D eigenvalue weighted by Gasteiger charge is 2.31. The van der Waals surface area contributed by atoms with Crippen LogP contribution in [0.5, 0.6) is 0 Å². The first-order chi connectivity index (χ1) is 9.23. The molecule has 5 heteroatoms. The predicted molar refractivity (Wildman–Crippen MR) is 80.9 cm³/mol. The van der Waals surface area contributed by atoms with Crippen molar-refractivity contribution in [3.8, 4) is 0 Å². The molecule has 0 radical (unpaired) electrons. The molecule has 0 fully saturated rings. The molecule has 0 aromatic rings. The van der Waals surface area contributed by atoms with Crippen LogP contribution in [0.15, 0.2) is 0 Å². The van der Waals surface area contributed by atoms with Crippen LogP contribution in [0.4, 0.5) is 4.79 Å². The molecule has 0 aliphatic rings. The summed E-state index contributed by atoms with van der Waals surface area (Å²) in [6.45, 7) is 10.9. The molecule has 0 atom stereocenters. The van der Waals surface area contributed by atoms with Gasteiger partial charge in [0.1, 0.15) is 6.54 Å². The maximum absolute atomic E-state index is 12.6. The van der Waals surface area contributed by atoms with Crippen molar-refractivity contribution in [2.45, 2.75) is 65.8 Å². The van der Waals surface area contributed by atoms with Crippen LogP contribution in [-0.4, -0.2) is 52.1 Å². The van der Waals surface area contributed by atoms with Gasteiger partial charge in [-0.05, 0) is 33.6 Å². The molecule has 0 saturated carbocycles. The third-order valence-electron chi connectivity index (χ3n) is 3.17. The van der Waals surface area contributed by atoms with E-state index >= 15 is 0 Å². The zero-order valence-corrected chi connectivity index (χ0v) is 13.6. The normalized spacial score (nSPS) is 11.2. The van der Waals surface area contributed by atoms with Crippen molar-refractivity contribution >= 4 is 12.0 Å². The third-order valence-corrected chi connectivity index (χ3v) is 3.17. The molecule has 0 aliphatic carbocycles. The van der Waals surface area contributed by atoms with Crippen LogP contribution >= 0.6 is 0 Å². The molecule has 0 unspecified atom stereocenters. The van der Waals surface area contributed by atoms with Crippen molar-refractivity contribution in [2.24, 2.45) is 0 Å². The Hall–Kier alpha value is -1.26. The summed E-state index contributed by atoms with van der Waals surface area (Å²) < 4.78 is 0. The molecule has 0 saturated heterocycles. The zero-order valence-electron chi connectivity index (χ0n) is 13.6. The van der Waals surface area contributed by atoms with Crippen molar-refractivity contribution in [2.75, 3.05) is 19.6 Å². The summed E-state index contributed by atoms with van der Waals surface area (Å²) in [5.74, 6) is -0.973. The van der Waals surface area contributed by atoms with Crippen LogP contribution in [0.25, 0.3) is 0 Å². The number of carbonyl (C=O) groups excluding carboxylic acids is 1. The van der Waals surface area contributed by atoms with E-state index in [1.165, 1.54) is 4.90 Å². The van der Waals surface area contributed by atoms with E-state index in [-0.39, 0.29) is 12.6 Å². The Balaban J connectivity index is 4.97. The number of nitrogens with zero attached hydrogens (tertiary/aromatic N) is 2. The summed E-state index contributed by atoms with van der Waals surface area (Å²) in [5, 5.41) is 9.02. The van der Waals surface area contributed by atoms with Crippen molar-refractivity contribution in [3.05, 3.63) is 0 Å². The van der Waals surface area contributed by atoms with Gasteiger partial charge in [0, 0.05) is 18.6 Å². The highest BCUT2D eigenvalue weighted by atomic mass is 16.4. The van der Waals surface area contributed by atoms with E-state index in [2.05, 4.69) is 13.8 Å². The average molecular weight is 286 g/mol. The van der Waals surface area contributed by atoms with E-state index < -0.39 is 11.5 Å². The van der Waals surface area contributed by atoms with Crippen molar-refractivity contribution < 1.29 is 14.7 Å². The molecule has 118 valence electrons. The number of hydrogen-bond acceptors (Lipinski definition) is 2. The summed E-state index contributed by atoms with van der Waals surface area (Å²) in [6.07, 6.45) is 3.93. The second-order valence-electron chi connectivity index (χ2n) is 6.13. The number of hydrogen-bond donors (Lipinski definition) is 1. The summed E-state index contributed by atoms with van der Waals surface area (Å²) >= 11 is 0. The molecule has 0 bridgehead atoms. The minimum atomic E-state index is -0.973. The highest BCUT2D eigenvalue weighted by molar-refractivity contribution is 5.80. The van der Waals surface area contributed by atoms with Gasteiger partial charge in [-0.15, -0.1) is 0 Å². The largest absolute Gasteiger partial charge is 0.480 e. The van der Waals surface area contributed by atoms with Gasteiger partial charge in [-0.1, -0.05) is 26.7 Å². The standard InChI is InChI=1S/C15H30N2O3/c1-6-8-10-16(11-9-7-2)14(20)17(12-13(18)19)15(3,4)5/h6-12H2,1-5H3,(H,18,19). The first-order valence-electron chi connectivity index (χ1n) is 7.52. The summed E-state index contributed by atoms with van der Waals surface area (Å²) in [4.78, 5) is 26.9. The Bertz CT molecular complexity index is 303. The fraction of sp³-hybridized carbons (Fsp3) is 0.867. The lowest BCUT2D eigenvalue weighted by atomic mass is 10.1. The third kappa shape index (κ3) is 6.78. The summed E-state index contributed by atoms with van der Waals surface area (Å²) in [6, 6.07) is -0.165. The lowest BCUT2D eigenvalue weighted by Gasteiger charge is -2.38. The van der Waals surface area contributed by atoms with E-state index in [1.54, 1.807) is 4.90 Å². The summed E-state index contributed by atoms with van der Waals surface area (Å²) in [7, 11) is 0. The Kier molecular flexibility index (Phi) is 8.26. The van der Waals surface area contributed by atoms with Crippen LogP contribution in [0, 0.1) is 0 Å². The van der Waals surface area contributed by atoms with Crippen LogP contribution < -0.4 is 0 Å². The minimum Gasteiger partial charge on any atom is -0.480 e. The number of urea groups is 1. The molecule has 0 spiro atoms. The van der Waals surface area contributed by atoms with Gasteiger partial charge in [0.05, 0.1) is 0 Å². The number of unbranched alkanes of at least 4 members (excludes halogenated alkanes) is 2. The zero-order chi connectivity index (χ0) is 15.8. The van der Waals surface area contributed by atoms with Crippen LogP contribution in [0.2, 0.25) is 0 Å². The molecule has 0 aliphatic heterocycles. The van der Waals surface area contributed by atoms with Crippen LogP contribution in [0.3, 0.4) is 0 Å². The van der Waals surface area contributed by atoms with E-state index in [9.17, 15) is 9.59 Å². The van der Waals surface area contributed by atoms with E-state index in [0.717, 1.165) is 25.7 Å². The molecule has 0 rings (SSSR count). The molecule has 1 N–H and O–H groups in total. The lowest BCUT2D eigenvalue weighted by molar-refractivity contribution is -0.138. The molecule has 0 aromatic carbocycles. The van der Waals surface area contributed by atoms with E-state index in [4.69, 9.17) is 5.11 Å². The second-order valence-corrected chi connectivity index (χ2v) is 6.13. The number of aliphatic carboxylic acids is 1. The quantitative estimate of drug-likeness (QED) is 0.745. The Morgan fingerprint density at radius 2 is 1.45 bits per heavy atom. The smallest absolute Gasteiger partial charge is 0.323 e. The second kappa shape index (κ2) is 8.82. The highest BCUT2D eigenvalue weighted by Crippen LogP contribution is 2.16. The average Bonchev–Trinajstić information content (AvgIpc) is 2.34. The van der Waals surface area contributed by atoms with E-state index in [1.807, 2.05) is 20.8 Å². The Labute approximate surface area is 122 Å². The molecule has 2 amide bonds. The van der Waals surface area contributed by atoms with Crippen molar-refractivity contribution in [3.63, 3.8) is 0 Å². The Morgan fingerprint density at radius 3 is 1.75 bits per heavy atom. The van der Waals surface area contributed by atoms with Crippen LogP contribution in [0.1, 0.15) is 60.3 Å². The van der Waals surface area contributed by atoms with Gasteiger partial charge in [0.2, 0.25) is 0 Å². The minimum absolute atomic E-state index is 0.165. The molecule has 0 heterocycles. The first kappa shape index (κ1) is 18.7. The molecular formula is C15H30N2O3. The maximum atomic E-state index is 12.6. The fourth-order valence-electron chi connectivity index (χ4n) is 1.90. The van der Waals surface area contributed by atoms with Gasteiger partial charge < -0.3 is 14.9 Å². The van der Waals surface area contributed by atoms with Gasteiger partial charge >= 0.3 is 12.0 Å². The predicted octanol–water partition coefficient (Wildman–Crippen LogP) is 3.19. The number of carboxylic acid groups (broad SMARTS) is 1. The molecule has 5 nitrogen and oxygen atoms in total. The maximum Gasteiger partial charge on any atom is 0.323 e. The summed E-state index contributed by atoms with van der Waals surface area (Å²) in [5.41, 5.74) is -0.494. The number of carboxylic acids is 1. The monoisotopic (exact) mass is 286 g/mol. The van der Waals surface area contributed by atoms with Crippen LogP contribution in [-0.2, 0) is 4.79 Å². The van der Waals surface area contributed by atoms with Gasteiger partial charge in [0.15, 0.2) is 0 Å². The van der Waals surface area contributed by atoms with Crippen molar-refractivity contribution in [1.29, 1.82) is 0 Å². The van der Waals surface area contributed by atoms with Gasteiger partial charge in [-0.3, -0.25) is 4.79 Å². The topological polar surface area (TPSA) is 60.9 Å². The SMILES string of the molecule is CCCCN(CCCC)C(=O)N(CC(=O)O)C(C)(C)C. The molecule has 20 heavy (non-hydrogen) atoms. The van der Waals surface area contributed by atoms with Gasteiger partial charge in [0.25, 0.3) is 0 Å². The number of rotatable bonds is 8. The first-order valence-corrected chi connectivity index (χ1v) is 7.52. The van der Waals surface area contributed by atoms with Gasteiger partial charge in [-0.25, -0.2) is 4.79 Å². The fourth-order valence-corrected chi connectivity index (χ4v) is 1.90. The van der Waals surface area contributed by atoms with E-state index in [0.29, 0.717) is 13.1 Å².